The van der Waals surface area contributed by atoms with Crippen LogP contribution in [-0.4, -0.2) is 20.6 Å². The minimum absolute atomic E-state index is 0.279. The molecule has 0 spiro atoms. The minimum atomic E-state index is -0.936. The van der Waals surface area contributed by atoms with Crippen molar-refractivity contribution in [3.8, 4) is 11.8 Å². The molecule has 1 heterocycles. The monoisotopic (exact) mass is 246 g/mol. The lowest BCUT2D eigenvalue weighted by Crippen LogP contribution is -2.01. The van der Waals surface area contributed by atoms with Gasteiger partial charge < -0.3 is 14.4 Å². The van der Waals surface area contributed by atoms with E-state index in [-0.39, 0.29) is 5.56 Å². The van der Waals surface area contributed by atoms with Crippen molar-refractivity contribution in [1.29, 1.82) is 0 Å². The van der Waals surface area contributed by atoms with E-state index in [1.807, 2.05) is 17.7 Å². The molecular formula is C13H14N2O3. The number of hydrogen-bond donors (Lipinski definition) is 1. The van der Waals surface area contributed by atoms with Crippen LogP contribution in [0.1, 0.15) is 22.8 Å². The Hall–Kier alpha value is -2.30. The normalized spacial score (nSPS) is 10.3. The lowest BCUT2D eigenvalue weighted by atomic mass is 10.1. The standard InChI is InChI=1S/C13H14N2O3/c1-3-15-7-6-14-13(15)18-10-4-5-11(12(16)17)9(2)8-10/h4-8H,3H2,1-2H3,(H,16,17). The van der Waals surface area contributed by atoms with Gasteiger partial charge in [-0.1, -0.05) is 0 Å². The lowest BCUT2D eigenvalue weighted by molar-refractivity contribution is 0.0696. The van der Waals surface area contributed by atoms with Crippen molar-refractivity contribution in [2.24, 2.45) is 0 Å². The van der Waals surface area contributed by atoms with E-state index >= 15 is 0 Å². The van der Waals surface area contributed by atoms with Crippen molar-refractivity contribution in [2.45, 2.75) is 20.4 Å². The number of aryl methyl sites for hydroxylation is 2. The van der Waals surface area contributed by atoms with Gasteiger partial charge in [-0.25, -0.2) is 9.78 Å². The molecule has 0 fully saturated rings. The summed E-state index contributed by atoms with van der Waals surface area (Å²) < 4.78 is 7.48. The molecule has 1 N–H and O–H groups in total. The summed E-state index contributed by atoms with van der Waals surface area (Å²) in [7, 11) is 0. The Kier molecular flexibility index (Phi) is 3.32. The van der Waals surface area contributed by atoms with Crippen LogP contribution in [0.25, 0.3) is 0 Å². The van der Waals surface area contributed by atoms with Gasteiger partial charge in [0.25, 0.3) is 0 Å². The van der Waals surface area contributed by atoms with E-state index < -0.39 is 5.97 Å². The highest BCUT2D eigenvalue weighted by molar-refractivity contribution is 5.89. The Morgan fingerprint density at radius 3 is 2.89 bits per heavy atom. The molecule has 0 unspecified atom stereocenters. The van der Waals surface area contributed by atoms with Crippen molar-refractivity contribution in [2.75, 3.05) is 0 Å². The summed E-state index contributed by atoms with van der Waals surface area (Å²) in [4.78, 5) is 15.0. The molecule has 0 amide bonds. The maximum absolute atomic E-state index is 10.9. The van der Waals surface area contributed by atoms with E-state index in [0.29, 0.717) is 17.3 Å². The summed E-state index contributed by atoms with van der Waals surface area (Å²) in [6.07, 6.45) is 3.49. The summed E-state index contributed by atoms with van der Waals surface area (Å²) >= 11 is 0. The number of carboxylic acid groups (broad SMARTS) is 1. The van der Waals surface area contributed by atoms with Gasteiger partial charge in [0.05, 0.1) is 5.56 Å². The van der Waals surface area contributed by atoms with Crippen molar-refractivity contribution in [3.05, 3.63) is 41.7 Å². The third-order valence-corrected chi connectivity index (χ3v) is 2.66. The average molecular weight is 246 g/mol. The number of nitrogens with zero attached hydrogens (tertiary/aromatic N) is 2. The van der Waals surface area contributed by atoms with Crippen LogP contribution < -0.4 is 4.74 Å². The second-order valence-electron chi connectivity index (χ2n) is 3.88. The van der Waals surface area contributed by atoms with E-state index in [0.717, 1.165) is 6.54 Å². The molecule has 5 nitrogen and oxygen atoms in total. The van der Waals surface area contributed by atoms with Gasteiger partial charge in [-0.2, -0.15) is 0 Å². The molecule has 1 aromatic carbocycles. The number of aromatic carboxylic acids is 1. The fraction of sp³-hybridized carbons (Fsp3) is 0.231. The van der Waals surface area contributed by atoms with Gasteiger partial charge in [0.2, 0.25) is 0 Å². The Balaban J connectivity index is 2.25. The second-order valence-corrected chi connectivity index (χ2v) is 3.88. The molecule has 0 saturated heterocycles. The van der Waals surface area contributed by atoms with Crippen molar-refractivity contribution in [1.82, 2.24) is 9.55 Å². The zero-order valence-electron chi connectivity index (χ0n) is 10.3. The molecule has 2 rings (SSSR count). The molecule has 94 valence electrons. The lowest BCUT2D eigenvalue weighted by Gasteiger charge is -2.08. The Bertz CT molecular complexity index is 575. The Morgan fingerprint density at radius 1 is 1.50 bits per heavy atom. The number of carboxylic acids is 1. The SMILES string of the molecule is CCn1ccnc1Oc1ccc(C(=O)O)c(C)c1. The molecular weight excluding hydrogens is 232 g/mol. The molecule has 0 atom stereocenters. The number of rotatable bonds is 4. The predicted octanol–water partition coefficient (Wildman–Crippen LogP) is 2.70. The summed E-state index contributed by atoms with van der Waals surface area (Å²) in [5.74, 6) is -0.354. The van der Waals surface area contributed by atoms with Crippen molar-refractivity contribution < 1.29 is 14.6 Å². The van der Waals surface area contributed by atoms with E-state index in [1.54, 1.807) is 25.3 Å². The van der Waals surface area contributed by atoms with E-state index in [4.69, 9.17) is 9.84 Å². The molecule has 1 aromatic heterocycles. The van der Waals surface area contributed by atoms with Crippen LogP contribution in [-0.2, 0) is 6.54 Å². The molecule has 0 aliphatic carbocycles. The molecule has 0 radical (unpaired) electrons. The fourth-order valence-electron chi connectivity index (χ4n) is 1.69. The van der Waals surface area contributed by atoms with Gasteiger partial charge in [-0.15, -0.1) is 0 Å². The Morgan fingerprint density at radius 2 is 2.28 bits per heavy atom. The highest BCUT2D eigenvalue weighted by atomic mass is 16.5. The third-order valence-electron chi connectivity index (χ3n) is 2.66. The molecule has 5 heteroatoms. The number of benzene rings is 1. The first kappa shape index (κ1) is 12.2. The molecule has 2 aromatic rings. The van der Waals surface area contributed by atoms with Crippen LogP contribution in [0.15, 0.2) is 30.6 Å². The van der Waals surface area contributed by atoms with Crippen LogP contribution in [0.2, 0.25) is 0 Å². The summed E-state index contributed by atoms with van der Waals surface area (Å²) in [5, 5.41) is 8.94. The zero-order valence-corrected chi connectivity index (χ0v) is 10.3. The maximum Gasteiger partial charge on any atom is 0.335 e. The predicted molar refractivity (Wildman–Crippen MR) is 66.1 cm³/mol. The van der Waals surface area contributed by atoms with Crippen LogP contribution in [0.4, 0.5) is 0 Å². The van der Waals surface area contributed by atoms with Gasteiger partial charge in [0, 0.05) is 18.9 Å². The van der Waals surface area contributed by atoms with Crippen LogP contribution in [0.3, 0.4) is 0 Å². The highest BCUT2D eigenvalue weighted by Crippen LogP contribution is 2.22. The van der Waals surface area contributed by atoms with Gasteiger partial charge in [-0.3, -0.25) is 0 Å². The Labute approximate surface area is 105 Å². The van der Waals surface area contributed by atoms with Gasteiger partial charge in [0.1, 0.15) is 5.75 Å². The second kappa shape index (κ2) is 4.91. The van der Waals surface area contributed by atoms with Gasteiger partial charge >= 0.3 is 12.0 Å². The number of imidazole rings is 1. The van der Waals surface area contributed by atoms with Crippen molar-refractivity contribution in [3.63, 3.8) is 0 Å². The number of aromatic nitrogens is 2. The van der Waals surface area contributed by atoms with E-state index in [2.05, 4.69) is 4.98 Å². The molecule has 0 aliphatic heterocycles. The summed E-state index contributed by atoms with van der Waals surface area (Å²) in [6.45, 7) is 4.50. The largest absolute Gasteiger partial charge is 0.478 e. The molecule has 0 saturated carbocycles. The third kappa shape index (κ3) is 2.34. The minimum Gasteiger partial charge on any atom is -0.478 e. The molecule has 0 bridgehead atoms. The first-order valence-corrected chi connectivity index (χ1v) is 5.64. The summed E-state index contributed by atoms with van der Waals surface area (Å²) in [5.41, 5.74) is 0.941. The fourth-order valence-corrected chi connectivity index (χ4v) is 1.69. The smallest absolute Gasteiger partial charge is 0.335 e. The van der Waals surface area contributed by atoms with Crippen LogP contribution >= 0.6 is 0 Å². The van der Waals surface area contributed by atoms with E-state index in [9.17, 15) is 4.79 Å². The summed E-state index contributed by atoms with van der Waals surface area (Å²) in [6, 6.07) is 5.36. The number of ether oxygens (including phenoxy) is 1. The average Bonchev–Trinajstić information content (AvgIpc) is 2.76. The number of carbonyl (C=O) groups is 1. The zero-order chi connectivity index (χ0) is 13.1. The number of hydrogen-bond acceptors (Lipinski definition) is 3. The first-order chi connectivity index (χ1) is 8.61. The van der Waals surface area contributed by atoms with Gasteiger partial charge in [-0.05, 0) is 37.6 Å². The topological polar surface area (TPSA) is 64.4 Å². The van der Waals surface area contributed by atoms with Crippen LogP contribution in [0.5, 0.6) is 11.8 Å². The molecule has 0 aliphatic rings. The van der Waals surface area contributed by atoms with Crippen molar-refractivity contribution >= 4 is 5.97 Å². The van der Waals surface area contributed by atoms with Gasteiger partial charge in [0.15, 0.2) is 0 Å². The first-order valence-electron chi connectivity index (χ1n) is 5.64. The quantitative estimate of drug-likeness (QED) is 0.900. The molecule has 18 heavy (non-hydrogen) atoms. The highest BCUT2D eigenvalue weighted by Gasteiger charge is 2.09. The maximum atomic E-state index is 10.9. The van der Waals surface area contributed by atoms with Crippen LogP contribution in [0, 0.1) is 6.92 Å². The van der Waals surface area contributed by atoms with E-state index in [1.165, 1.54) is 6.07 Å².